The second kappa shape index (κ2) is 9.28. The highest BCUT2D eigenvalue weighted by atomic mass is 32.2. The third kappa shape index (κ3) is 4.85. The highest BCUT2D eigenvalue weighted by Gasteiger charge is 2.31. The summed E-state index contributed by atoms with van der Waals surface area (Å²) in [6, 6.07) is 18.5. The number of rotatable bonds is 5. The molecule has 0 unspecified atom stereocenters. The van der Waals surface area contributed by atoms with Gasteiger partial charge in [-0.1, -0.05) is 42.3 Å². The second-order valence-electron chi connectivity index (χ2n) is 9.01. The molecule has 3 aromatic carbocycles. The fourth-order valence-corrected chi connectivity index (χ4v) is 5.92. The van der Waals surface area contributed by atoms with Crippen LogP contribution in [0.2, 0.25) is 0 Å². The van der Waals surface area contributed by atoms with Crippen LogP contribution in [-0.4, -0.2) is 20.4 Å². The minimum atomic E-state index is -3.68. The van der Waals surface area contributed by atoms with Crippen LogP contribution in [0.15, 0.2) is 80.8 Å². The molecule has 1 heterocycles. The summed E-state index contributed by atoms with van der Waals surface area (Å²) in [5, 5.41) is 2.02. The molecule has 0 saturated heterocycles. The number of benzene rings is 3. The Kier molecular flexibility index (Phi) is 6.17. The first-order valence-corrected chi connectivity index (χ1v) is 13.0. The van der Waals surface area contributed by atoms with Crippen molar-refractivity contribution in [2.24, 2.45) is 5.92 Å². The summed E-state index contributed by atoms with van der Waals surface area (Å²) in [6.07, 6.45) is 2.34. The number of carbonyl (C=O) groups is 1. The van der Waals surface area contributed by atoms with Crippen molar-refractivity contribution in [1.82, 2.24) is 4.72 Å². The summed E-state index contributed by atoms with van der Waals surface area (Å²) < 4.78 is 39.3. The van der Waals surface area contributed by atoms with Gasteiger partial charge in [-0.3, -0.25) is 4.79 Å². The number of hydrogen-bond acceptors (Lipinski definition) is 6. The van der Waals surface area contributed by atoms with E-state index in [9.17, 15) is 18.0 Å². The smallest absolute Gasteiger partial charge is 0.344 e. The van der Waals surface area contributed by atoms with Crippen molar-refractivity contribution in [3.8, 4) is 5.75 Å². The molecule has 1 aromatic heterocycles. The zero-order chi connectivity index (χ0) is 24.6. The number of carbonyl (C=O) groups excluding carboxylic acids is 1. The van der Waals surface area contributed by atoms with E-state index in [1.54, 1.807) is 54.6 Å². The van der Waals surface area contributed by atoms with Crippen molar-refractivity contribution in [3.05, 3.63) is 82.7 Å². The lowest BCUT2D eigenvalue weighted by atomic mass is 9.86. The third-order valence-electron chi connectivity index (χ3n) is 6.47. The number of ether oxygens (including phenoxy) is 1. The summed E-state index contributed by atoms with van der Waals surface area (Å²) in [5.74, 6) is -0.580. The van der Waals surface area contributed by atoms with Crippen LogP contribution in [0.3, 0.4) is 0 Å². The predicted molar refractivity (Wildman–Crippen MR) is 133 cm³/mol. The van der Waals surface area contributed by atoms with Crippen LogP contribution in [0.4, 0.5) is 0 Å². The molecule has 0 radical (unpaired) electrons. The molecule has 0 aliphatic heterocycles. The van der Waals surface area contributed by atoms with Crippen LogP contribution >= 0.6 is 0 Å². The predicted octanol–water partition coefficient (Wildman–Crippen LogP) is 4.70. The Morgan fingerprint density at radius 1 is 0.971 bits per heavy atom. The summed E-state index contributed by atoms with van der Waals surface area (Å²) in [7, 11) is -3.68. The van der Waals surface area contributed by atoms with Crippen molar-refractivity contribution in [2.45, 2.75) is 43.5 Å². The maximum Gasteiger partial charge on any atom is 0.344 e. The van der Waals surface area contributed by atoms with Crippen LogP contribution in [0.1, 0.15) is 31.2 Å². The molecule has 7 nitrogen and oxygen atoms in total. The standard InChI is InChI=1S/C27H25NO6S/c1-17-9-12-21(13-10-17)35(31,32)28-19-6-4-5-18(15-19)26(29)33-20-11-14-23-22-7-2-3-8-24(22)27(30)34-25(23)16-20/h2-3,7-14,16,18-19,28H,4-6,15H2,1H3/t18-,19+/m1/s1. The first kappa shape index (κ1) is 23.3. The topological polar surface area (TPSA) is 103 Å². The monoisotopic (exact) mass is 491 g/mol. The fourth-order valence-electron chi connectivity index (χ4n) is 4.64. The number of fused-ring (bicyclic) bond motifs is 3. The molecule has 1 saturated carbocycles. The molecule has 1 aliphatic carbocycles. The Bertz CT molecular complexity index is 1570. The molecule has 4 aromatic rings. The third-order valence-corrected chi connectivity index (χ3v) is 8.01. The largest absolute Gasteiger partial charge is 0.426 e. The van der Waals surface area contributed by atoms with Gasteiger partial charge < -0.3 is 9.15 Å². The number of sulfonamides is 1. The van der Waals surface area contributed by atoms with Crippen LogP contribution in [0.5, 0.6) is 5.75 Å². The molecule has 0 spiro atoms. The average Bonchev–Trinajstić information content (AvgIpc) is 2.84. The minimum absolute atomic E-state index is 0.206. The molecule has 180 valence electrons. The molecular formula is C27H25NO6S. The molecular weight excluding hydrogens is 466 g/mol. The summed E-state index contributed by atoms with van der Waals surface area (Å²) in [6.45, 7) is 1.90. The van der Waals surface area contributed by atoms with E-state index in [0.717, 1.165) is 16.3 Å². The SMILES string of the molecule is Cc1ccc(S(=O)(=O)N[C@H]2CCC[C@@H](C(=O)Oc3ccc4c(c3)oc(=O)c3ccccc34)C2)cc1. The Morgan fingerprint density at radius 3 is 2.49 bits per heavy atom. The molecule has 1 aliphatic rings. The van der Waals surface area contributed by atoms with Crippen molar-refractivity contribution >= 4 is 37.7 Å². The van der Waals surface area contributed by atoms with Gasteiger partial charge >= 0.3 is 11.6 Å². The minimum Gasteiger partial charge on any atom is -0.426 e. The van der Waals surface area contributed by atoms with Gasteiger partial charge in [0.15, 0.2) is 0 Å². The number of nitrogens with one attached hydrogen (secondary N) is 1. The molecule has 35 heavy (non-hydrogen) atoms. The van der Waals surface area contributed by atoms with E-state index in [1.807, 2.05) is 19.1 Å². The zero-order valence-corrected chi connectivity index (χ0v) is 20.0. The van der Waals surface area contributed by atoms with Crippen LogP contribution in [0, 0.1) is 12.8 Å². The van der Waals surface area contributed by atoms with Crippen LogP contribution in [0.25, 0.3) is 21.7 Å². The molecule has 0 bridgehead atoms. The molecule has 2 atom stereocenters. The van der Waals surface area contributed by atoms with Gasteiger partial charge in [0.1, 0.15) is 11.3 Å². The van der Waals surface area contributed by atoms with Crippen molar-refractivity contribution in [2.75, 3.05) is 0 Å². The number of aryl methyl sites for hydroxylation is 1. The average molecular weight is 492 g/mol. The van der Waals surface area contributed by atoms with Gasteiger partial charge in [0, 0.05) is 17.5 Å². The second-order valence-corrected chi connectivity index (χ2v) is 10.7. The molecule has 1 N–H and O–H groups in total. The molecule has 1 fully saturated rings. The lowest BCUT2D eigenvalue weighted by Crippen LogP contribution is -2.40. The zero-order valence-electron chi connectivity index (χ0n) is 19.2. The van der Waals surface area contributed by atoms with E-state index in [0.29, 0.717) is 36.7 Å². The van der Waals surface area contributed by atoms with Gasteiger partial charge in [-0.25, -0.2) is 17.9 Å². The summed E-state index contributed by atoms with van der Waals surface area (Å²) >= 11 is 0. The number of hydrogen-bond donors (Lipinski definition) is 1. The summed E-state index contributed by atoms with van der Waals surface area (Å²) in [4.78, 5) is 25.4. The van der Waals surface area contributed by atoms with Crippen LogP contribution < -0.4 is 15.1 Å². The van der Waals surface area contributed by atoms with Crippen molar-refractivity contribution in [1.29, 1.82) is 0 Å². The Hall–Kier alpha value is -3.49. The van der Waals surface area contributed by atoms with E-state index >= 15 is 0 Å². The molecule has 0 amide bonds. The Morgan fingerprint density at radius 2 is 1.71 bits per heavy atom. The molecule has 5 rings (SSSR count). The highest BCUT2D eigenvalue weighted by Crippen LogP contribution is 2.30. The van der Waals surface area contributed by atoms with Crippen molar-refractivity contribution in [3.63, 3.8) is 0 Å². The van der Waals surface area contributed by atoms with Gasteiger partial charge in [-0.2, -0.15) is 0 Å². The highest BCUT2D eigenvalue weighted by molar-refractivity contribution is 7.89. The normalized spacial score (nSPS) is 18.5. The lowest BCUT2D eigenvalue weighted by Gasteiger charge is -2.28. The van der Waals surface area contributed by atoms with Crippen LogP contribution in [-0.2, 0) is 14.8 Å². The maximum atomic E-state index is 12.9. The van der Waals surface area contributed by atoms with E-state index < -0.39 is 27.5 Å². The Balaban J connectivity index is 1.30. The maximum absolute atomic E-state index is 12.9. The van der Waals surface area contributed by atoms with Crippen molar-refractivity contribution < 1.29 is 22.4 Å². The van der Waals surface area contributed by atoms with E-state index in [4.69, 9.17) is 9.15 Å². The fraction of sp³-hybridized carbons (Fsp3) is 0.259. The van der Waals surface area contributed by atoms with Gasteiger partial charge in [-0.15, -0.1) is 0 Å². The quantitative estimate of drug-likeness (QED) is 0.188. The summed E-state index contributed by atoms with van der Waals surface area (Å²) in [5.41, 5.74) is 0.865. The molecule has 8 heteroatoms. The first-order chi connectivity index (χ1) is 16.8. The van der Waals surface area contributed by atoms with Gasteiger partial charge in [0.25, 0.3) is 0 Å². The van der Waals surface area contributed by atoms with Gasteiger partial charge in [0.05, 0.1) is 16.2 Å². The van der Waals surface area contributed by atoms with Gasteiger partial charge in [-0.05, 0) is 61.9 Å². The van der Waals surface area contributed by atoms with E-state index in [-0.39, 0.29) is 16.7 Å². The Labute approximate surface area is 202 Å². The number of esters is 1. The van der Waals surface area contributed by atoms with E-state index in [1.165, 1.54) is 0 Å². The van der Waals surface area contributed by atoms with E-state index in [2.05, 4.69) is 4.72 Å². The van der Waals surface area contributed by atoms with Gasteiger partial charge in [0.2, 0.25) is 10.0 Å². The lowest BCUT2D eigenvalue weighted by molar-refractivity contribution is -0.140. The first-order valence-electron chi connectivity index (χ1n) is 11.6.